The first-order chi connectivity index (χ1) is 17.5. The van der Waals surface area contributed by atoms with E-state index in [4.69, 9.17) is 4.74 Å². The van der Waals surface area contributed by atoms with E-state index in [-0.39, 0.29) is 54.2 Å². The first kappa shape index (κ1) is 28.6. The average Bonchev–Trinajstić information content (AvgIpc) is 3.03. The number of Topliss-reactive ketones (excluding diaryl/α,β-unsaturated/α-hetero) is 3. The zero-order valence-electron chi connectivity index (χ0n) is 24.0. The molecule has 0 unspecified atom stereocenters. The number of ether oxygens (including phenoxy) is 1. The van der Waals surface area contributed by atoms with Gasteiger partial charge in [0.25, 0.3) is 0 Å². The second-order valence-electron chi connectivity index (χ2n) is 13.5. The van der Waals surface area contributed by atoms with Gasteiger partial charge in [-0.1, -0.05) is 40.2 Å². The molecule has 4 rings (SSSR count). The number of hydrogen-bond donors (Lipinski definition) is 1. The van der Waals surface area contributed by atoms with Crippen LogP contribution in [0.1, 0.15) is 87.0 Å². The Morgan fingerprint density at radius 3 is 2.34 bits per heavy atom. The number of ketones is 4. The van der Waals surface area contributed by atoms with Gasteiger partial charge in [-0.05, 0) is 55.6 Å². The predicted molar refractivity (Wildman–Crippen MR) is 141 cm³/mol. The van der Waals surface area contributed by atoms with Crippen molar-refractivity contribution < 1.29 is 33.8 Å². The number of hydrogen-bond acceptors (Lipinski definition) is 7. The number of rotatable bonds is 5. The van der Waals surface area contributed by atoms with Gasteiger partial charge in [0, 0.05) is 42.1 Å². The number of aliphatic hydroxyl groups is 1. The third kappa shape index (κ3) is 3.75. The molecule has 0 radical (unpaired) electrons. The van der Waals surface area contributed by atoms with Gasteiger partial charge in [-0.25, -0.2) is 0 Å². The fourth-order valence-corrected chi connectivity index (χ4v) is 8.71. The van der Waals surface area contributed by atoms with Crippen LogP contribution in [-0.2, 0) is 28.7 Å². The summed E-state index contributed by atoms with van der Waals surface area (Å²) in [5, 5.41) is 11.6. The van der Waals surface area contributed by atoms with Crippen molar-refractivity contribution in [2.45, 2.75) is 93.1 Å². The topological polar surface area (TPSA) is 115 Å². The van der Waals surface area contributed by atoms with E-state index in [1.807, 2.05) is 41.5 Å². The van der Waals surface area contributed by atoms with E-state index in [1.165, 1.54) is 13.2 Å². The van der Waals surface area contributed by atoms with Gasteiger partial charge in [-0.3, -0.25) is 24.0 Å². The van der Waals surface area contributed by atoms with E-state index in [9.17, 15) is 29.1 Å². The fraction of sp³-hybridized carbons (Fsp3) is 0.710. The number of allylic oxidation sites excluding steroid dienone is 3. The van der Waals surface area contributed by atoms with Gasteiger partial charge in [0.05, 0.1) is 24.5 Å². The smallest absolute Gasteiger partial charge is 0.308 e. The molecule has 0 saturated heterocycles. The lowest BCUT2D eigenvalue weighted by Gasteiger charge is -2.60. The SMILES string of the molecule is COC(=O)[C@H](C)CC(=O)/C=C(\C)[C@@H]1CC(=O)[C@]2(C)C3=C(C(=O)C[C@@]12C)[C@]1(C)CCC(=O)C(C)(C)[C@H]1C[C@H]3O. The molecule has 0 aromatic rings. The Hall–Kier alpha value is -2.41. The lowest BCUT2D eigenvalue weighted by molar-refractivity contribution is -0.146. The van der Waals surface area contributed by atoms with Gasteiger partial charge >= 0.3 is 5.97 Å². The molecule has 7 heteroatoms. The highest BCUT2D eigenvalue weighted by Gasteiger charge is 2.70. The van der Waals surface area contributed by atoms with Crippen LogP contribution in [0.4, 0.5) is 0 Å². The van der Waals surface area contributed by atoms with E-state index >= 15 is 0 Å². The number of aliphatic hydroxyl groups excluding tert-OH is 1. The molecule has 4 aliphatic rings. The fourth-order valence-electron chi connectivity index (χ4n) is 8.71. The number of carbonyl (C=O) groups is 5. The molecule has 0 heterocycles. The van der Waals surface area contributed by atoms with Gasteiger partial charge in [0.1, 0.15) is 11.6 Å². The van der Waals surface area contributed by atoms with Crippen molar-refractivity contribution in [2.75, 3.05) is 7.11 Å². The van der Waals surface area contributed by atoms with Crippen LogP contribution < -0.4 is 0 Å². The van der Waals surface area contributed by atoms with E-state index in [1.54, 1.807) is 6.92 Å². The van der Waals surface area contributed by atoms with Gasteiger partial charge in [-0.15, -0.1) is 0 Å². The Bertz CT molecular complexity index is 1190. The lowest BCUT2D eigenvalue weighted by Crippen LogP contribution is -2.59. The maximum Gasteiger partial charge on any atom is 0.308 e. The zero-order chi connectivity index (χ0) is 28.6. The van der Waals surface area contributed by atoms with E-state index in [2.05, 4.69) is 0 Å². The largest absolute Gasteiger partial charge is 0.469 e. The number of esters is 1. The summed E-state index contributed by atoms with van der Waals surface area (Å²) in [5.74, 6) is -1.74. The second kappa shape index (κ2) is 9.07. The predicted octanol–water partition coefficient (Wildman–Crippen LogP) is 4.35. The standard InChI is InChI=1S/C31H42O7/c1-16(11-18(32)12-17(2)27(37)38-8)19-13-24(36)31(7)26-20(33)14-22-28(3,4)23(35)9-10-29(22,5)25(26)21(34)15-30(19,31)6/h11,17,19-20,22,33H,9-10,12-15H2,1-8H3/b16-11+/t17-,19+,20-,22-,29-,30+,31-/m1/s1. The third-order valence-corrected chi connectivity index (χ3v) is 11.1. The van der Waals surface area contributed by atoms with Crippen LogP contribution in [-0.4, -0.2) is 47.4 Å². The number of methoxy groups -OCH3 is 1. The van der Waals surface area contributed by atoms with E-state index in [0.717, 1.165) is 0 Å². The van der Waals surface area contributed by atoms with Crippen LogP contribution in [0, 0.1) is 39.4 Å². The minimum absolute atomic E-state index is 0.000143. The van der Waals surface area contributed by atoms with Crippen LogP contribution in [0.3, 0.4) is 0 Å². The highest BCUT2D eigenvalue weighted by molar-refractivity contribution is 6.06. The minimum atomic E-state index is -1.06. The molecular formula is C31H42O7. The van der Waals surface area contributed by atoms with Gasteiger partial charge in [0.2, 0.25) is 0 Å². The Balaban J connectivity index is 1.78. The summed E-state index contributed by atoms with van der Waals surface area (Å²) in [6.45, 7) is 13.1. The summed E-state index contributed by atoms with van der Waals surface area (Å²) >= 11 is 0. The average molecular weight is 527 g/mol. The molecule has 0 aromatic heterocycles. The molecule has 208 valence electrons. The summed E-state index contributed by atoms with van der Waals surface area (Å²) in [5.41, 5.74) is -1.29. The van der Waals surface area contributed by atoms with Crippen molar-refractivity contribution in [3.05, 3.63) is 22.8 Å². The second-order valence-corrected chi connectivity index (χ2v) is 13.5. The molecule has 4 aliphatic carbocycles. The van der Waals surface area contributed by atoms with Crippen LogP contribution >= 0.6 is 0 Å². The van der Waals surface area contributed by atoms with Gasteiger partial charge < -0.3 is 9.84 Å². The van der Waals surface area contributed by atoms with Gasteiger partial charge in [-0.2, -0.15) is 0 Å². The monoisotopic (exact) mass is 526 g/mol. The van der Waals surface area contributed by atoms with Crippen molar-refractivity contribution in [1.29, 1.82) is 0 Å². The normalized spacial score (nSPS) is 39.3. The third-order valence-electron chi connectivity index (χ3n) is 11.1. The quantitative estimate of drug-likeness (QED) is 0.418. The van der Waals surface area contributed by atoms with Crippen LogP contribution in [0.15, 0.2) is 22.8 Å². The molecule has 2 saturated carbocycles. The summed E-state index contributed by atoms with van der Waals surface area (Å²) in [6, 6.07) is 0. The Morgan fingerprint density at radius 2 is 1.74 bits per heavy atom. The summed E-state index contributed by atoms with van der Waals surface area (Å²) in [4.78, 5) is 65.4. The molecule has 2 fully saturated rings. The summed E-state index contributed by atoms with van der Waals surface area (Å²) in [6.07, 6.45) is 2.08. The number of carbonyl (C=O) groups excluding carboxylic acids is 5. The highest BCUT2D eigenvalue weighted by atomic mass is 16.5. The van der Waals surface area contributed by atoms with Crippen molar-refractivity contribution >= 4 is 29.1 Å². The van der Waals surface area contributed by atoms with Crippen LogP contribution in [0.25, 0.3) is 0 Å². The van der Waals surface area contributed by atoms with E-state index in [0.29, 0.717) is 36.0 Å². The molecule has 7 atom stereocenters. The first-order valence-corrected chi connectivity index (χ1v) is 13.8. The zero-order valence-corrected chi connectivity index (χ0v) is 24.0. The van der Waals surface area contributed by atoms with Crippen molar-refractivity contribution in [1.82, 2.24) is 0 Å². The van der Waals surface area contributed by atoms with Crippen molar-refractivity contribution in [3.8, 4) is 0 Å². The Morgan fingerprint density at radius 1 is 1.11 bits per heavy atom. The Labute approximate surface area is 225 Å². The molecule has 0 amide bonds. The van der Waals surface area contributed by atoms with Crippen molar-refractivity contribution in [2.24, 2.45) is 39.4 Å². The highest BCUT2D eigenvalue weighted by Crippen LogP contribution is 2.70. The number of fused-ring (bicyclic) bond motifs is 4. The molecule has 0 bridgehead atoms. The molecule has 38 heavy (non-hydrogen) atoms. The first-order valence-electron chi connectivity index (χ1n) is 13.8. The maximum atomic E-state index is 14.1. The summed E-state index contributed by atoms with van der Waals surface area (Å²) in [7, 11) is 1.29. The van der Waals surface area contributed by atoms with Crippen LogP contribution in [0.2, 0.25) is 0 Å². The molecular weight excluding hydrogens is 484 g/mol. The van der Waals surface area contributed by atoms with Crippen molar-refractivity contribution in [3.63, 3.8) is 0 Å². The molecule has 0 aromatic carbocycles. The molecule has 0 spiro atoms. The molecule has 1 N–H and O–H groups in total. The van der Waals surface area contributed by atoms with Crippen LogP contribution in [0.5, 0.6) is 0 Å². The lowest BCUT2D eigenvalue weighted by atomic mass is 9.42. The maximum absolute atomic E-state index is 14.1. The summed E-state index contributed by atoms with van der Waals surface area (Å²) < 4.78 is 4.73. The van der Waals surface area contributed by atoms with Gasteiger partial charge in [0.15, 0.2) is 11.6 Å². The molecule has 0 aliphatic heterocycles. The minimum Gasteiger partial charge on any atom is -0.469 e. The molecule has 7 nitrogen and oxygen atoms in total. The Kier molecular flexibility index (Phi) is 6.83. The van der Waals surface area contributed by atoms with E-state index < -0.39 is 39.7 Å².